The fourth-order valence-electron chi connectivity index (χ4n) is 2.82. The van der Waals surface area contributed by atoms with Crippen LogP contribution in [0.3, 0.4) is 0 Å². The second kappa shape index (κ2) is 8.01. The van der Waals surface area contributed by atoms with Gasteiger partial charge < -0.3 is 15.2 Å². The van der Waals surface area contributed by atoms with Gasteiger partial charge in [-0.2, -0.15) is 10.4 Å². The van der Waals surface area contributed by atoms with Crippen LogP contribution in [0.15, 0.2) is 36.7 Å². The normalized spacial score (nSPS) is 10.7. The van der Waals surface area contributed by atoms with E-state index in [1.165, 1.54) is 0 Å². The number of nitrogens with zero attached hydrogens (tertiary/aromatic N) is 4. The van der Waals surface area contributed by atoms with Crippen molar-refractivity contribution < 1.29 is 9.47 Å². The predicted molar refractivity (Wildman–Crippen MR) is 108 cm³/mol. The van der Waals surface area contributed by atoms with E-state index < -0.39 is 0 Å². The Hall–Kier alpha value is -3.53. The summed E-state index contributed by atoms with van der Waals surface area (Å²) in [5.41, 5.74) is 9.36. The molecule has 0 aliphatic carbocycles. The van der Waals surface area contributed by atoms with Crippen molar-refractivity contribution in [1.82, 2.24) is 14.8 Å². The molecule has 0 atom stereocenters. The maximum Gasteiger partial charge on any atom is 0.161 e. The lowest BCUT2D eigenvalue weighted by atomic mass is 9.98. The van der Waals surface area contributed by atoms with Crippen LogP contribution in [0, 0.1) is 17.2 Å². The molecule has 7 heteroatoms. The number of nitriles is 1. The summed E-state index contributed by atoms with van der Waals surface area (Å²) in [5, 5.41) is 13.8. The lowest BCUT2D eigenvalue weighted by Crippen LogP contribution is -2.05. The Balaban J connectivity index is 2.09. The van der Waals surface area contributed by atoms with Crippen molar-refractivity contribution >= 4 is 5.82 Å². The Morgan fingerprint density at radius 2 is 2.00 bits per heavy atom. The van der Waals surface area contributed by atoms with Crippen molar-refractivity contribution in [2.24, 2.45) is 13.0 Å². The molecule has 2 heterocycles. The molecule has 0 radical (unpaired) electrons. The highest BCUT2D eigenvalue weighted by molar-refractivity contribution is 5.81. The quantitative estimate of drug-likeness (QED) is 0.704. The third kappa shape index (κ3) is 3.91. The first-order chi connectivity index (χ1) is 13.4. The third-order valence-corrected chi connectivity index (χ3v) is 4.21. The standard InChI is InChI=1S/C21H23N5O2/c1-13(2)12-28-19-6-5-14(7-20(19)27-4)16-8-18(15-10-24-26(3)11-15)25-21(23)17(16)9-22/h5-8,10-11,13H,12H2,1-4H3,(H2,23,25). The zero-order chi connectivity index (χ0) is 20.3. The zero-order valence-electron chi connectivity index (χ0n) is 16.4. The van der Waals surface area contributed by atoms with E-state index in [9.17, 15) is 5.26 Å². The van der Waals surface area contributed by atoms with Gasteiger partial charge in [-0.3, -0.25) is 4.68 Å². The highest BCUT2D eigenvalue weighted by Crippen LogP contribution is 2.36. The van der Waals surface area contributed by atoms with Gasteiger partial charge in [-0.25, -0.2) is 4.98 Å². The van der Waals surface area contributed by atoms with E-state index >= 15 is 0 Å². The SMILES string of the molecule is COc1cc(-c2cc(-c3cnn(C)c3)nc(N)c2C#N)ccc1OCC(C)C. The second-order valence-electron chi connectivity index (χ2n) is 6.90. The summed E-state index contributed by atoms with van der Waals surface area (Å²) in [5.74, 6) is 1.84. The van der Waals surface area contributed by atoms with Crippen molar-refractivity contribution in [2.75, 3.05) is 19.5 Å². The molecule has 28 heavy (non-hydrogen) atoms. The molecule has 0 saturated heterocycles. The molecule has 2 N–H and O–H groups in total. The smallest absolute Gasteiger partial charge is 0.161 e. The second-order valence-corrected chi connectivity index (χ2v) is 6.90. The minimum Gasteiger partial charge on any atom is -0.493 e. The Kier molecular flexibility index (Phi) is 5.50. The Morgan fingerprint density at radius 3 is 2.61 bits per heavy atom. The number of methoxy groups -OCH3 is 1. The van der Waals surface area contributed by atoms with Gasteiger partial charge in [0, 0.05) is 24.4 Å². The average Bonchev–Trinajstić information content (AvgIpc) is 3.12. The molecule has 3 aromatic rings. The molecule has 0 saturated carbocycles. The van der Waals surface area contributed by atoms with Crippen LogP contribution in [0.5, 0.6) is 11.5 Å². The lowest BCUT2D eigenvalue weighted by molar-refractivity contribution is 0.257. The van der Waals surface area contributed by atoms with Crippen molar-refractivity contribution in [3.8, 4) is 40.0 Å². The fourth-order valence-corrected chi connectivity index (χ4v) is 2.82. The summed E-state index contributed by atoms with van der Waals surface area (Å²) in [6, 6.07) is 9.58. The molecular weight excluding hydrogens is 354 g/mol. The van der Waals surface area contributed by atoms with Crippen LogP contribution in [0.2, 0.25) is 0 Å². The van der Waals surface area contributed by atoms with Gasteiger partial charge in [0.25, 0.3) is 0 Å². The first-order valence-corrected chi connectivity index (χ1v) is 8.93. The zero-order valence-corrected chi connectivity index (χ0v) is 16.4. The molecule has 0 aliphatic heterocycles. The summed E-state index contributed by atoms with van der Waals surface area (Å²) in [6.45, 7) is 4.76. The van der Waals surface area contributed by atoms with Gasteiger partial charge in [0.05, 0.1) is 25.6 Å². The van der Waals surface area contributed by atoms with Crippen molar-refractivity contribution in [2.45, 2.75) is 13.8 Å². The van der Waals surface area contributed by atoms with E-state index in [0.717, 1.165) is 11.1 Å². The number of pyridine rings is 1. The first kappa shape index (κ1) is 19.2. The molecule has 0 fully saturated rings. The molecule has 0 unspecified atom stereocenters. The van der Waals surface area contributed by atoms with E-state index in [1.54, 1.807) is 18.0 Å². The van der Waals surface area contributed by atoms with Gasteiger partial charge in [0.1, 0.15) is 17.5 Å². The van der Waals surface area contributed by atoms with Crippen molar-refractivity contribution in [3.05, 3.63) is 42.2 Å². The van der Waals surface area contributed by atoms with Gasteiger partial charge in [0.15, 0.2) is 11.5 Å². The first-order valence-electron chi connectivity index (χ1n) is 8.93. The number of rotatable bonds is 6. The Labute approximate surface area is 164 Å². The van der Waals surface area contributed by atoms with Gasteiger partial charge >= 0.3 is 0 Å². The van der Waals surface area contributed by atoms with E-state index in [-0.39, 0.29) is 5.82 Å². The number of aryl methyl sites for hydroxylation is 1. The predicted octanol–water partition coefficient (Wildman–Crippen LogP) is 3.65. The topological polar surface area (TPSA) is 99.0 Å². The maximum atomic E-state index is 9.61. The molecule has 0 aliphatic rings. The van der Waals surface area contributed by atoms with Gasteiger partial charge in [-0.1, -0.05) is 19.9 Å². The minimum absolute atomic E-state index is 0.179. The van der Waals surface area contributed by atoms with Gasteiger partial charge in [-0.05, 0) is 29.7 Å². The highest BCUT2D eigenvalue weighted by atomic mass is 16.5. The van der Waals surface area contributed by atoms with Crippen molar-refractivity contribution in [3.63, 3.8) is 0 Å². The molecule has 3 rings (SSSR count). The summed E-state index contributed by atoms with van der Waals surface area (Å²) in [6.07, 6.45) is 3.56. The molecule has 0 spiro atoms. The number of aromatic nitrogens is 3. The molecule has 2 aromatic heterocycles. The molecular formula is C21H23N5O2. The summed E-state index contributed by atoms with van der Waals surface area (Å²) in [7, 11) is 3.42. The lowest BCUT2D eigenvalue weighted by Gasteiger charge is -2.15. The number of anilines is 1. The molecule has 144 valence electrons. The molecule has 1 aromatic carbocycles. The maximum absolute atomic E-state index is 9.61. The van der Waals surface area contributed by atoms with E-state index in [2.05, 4.69) is 30.0 Å². The van der Waals surface area contributed by atoms with E-state index in [1.807, 2.05) is 37.5 Å². The van der Waals surface area contributed by atoms with E-state index in [4.69, 9.17) is 15.2 Å². The van der Waals surface area contributed by atoms with Crippen LogP contribution in [0.1, 0.15) is 19.4 Å². The number of hydrogen-bond acceptors (Lipinski definition) is 6. The largest absolute Gasteiger partial charge is 0.493 e. The monoisotopic (exact) mass is 377 g/mol. The number of ether oxygens (including phenoxy) is 2. The van der Waals surface area contributed by atoms with Gasteiger partial charge in [-0.15, -0.1) is 0 Å². The fraction of sp³-hybridized carbons (Fsp3) is 0.286. The summed E-state index contributed by atoms with van der Waals surface area (Å²) < 4.78 is 13.0. The number of hydrogen-bond donors (Lipinski definition) is 1. The highest BCUT2D eigenvalue weighted by Gasteiger charge is 2.16. The molecule has 0 bridgehead atoms. The Morgan fingerprint density at radius 1 is 1.21 bits per heavy atom. The van der Waals surface area contributed by atoms with Crippen LogP contribution >= 0.6 is 0 Å². The number of nitrogen functional groups attached to an aromatic ring is 1. The minimum atomic E-state index is 0.179. The summed E-state index contributed by atoms with van der Waals surface area (Å²) in [4.78, 5) is 4.37. The molecule has 7 nitrogen and oxygen atoms in total. The Bertz CT molecular complexity index is 1030. The van der Waals surface area contributed by atoms with Crippen LogP contribution < -0.4 is 15.2 Å². The van der Waals surface area contributed by atoms with Crippen molar-refractivity contribution in [1.29, 1.82) is 5.26 Å². The van der Waals surface area contributed by atoms with E-state index in [0.29, 0.717) is 40.8 Å². The average molecular weight is 377 g/mol. The third-order valence-electron chi connectivity index (χ3n) is 4.21. The number of nitrogens with two attached hydrogens (primary N) is 1. The van der Waals surface area contributed by atoms with Crippen LogP contribution in [-0.4, -0.2) is 28.5 Å². The molecule has 0 amide bonds. The van der Waals surface area contributed by atoms with Gasteiger partial charge in [0.2, 0.25) is 0 Å². The summed E-state index contributed by atoms with van der Waals surface area (Å²) >= 11 is 0. The number of benzene rings is 1. The van der Waals surface area contributed by atoms with Crippen LogP contribution in [0.4, 0.5) is 5.82 Å². The van der Waals surface area contributed by atoms with Crippen LogP contribution in [-0.2, 0) is 7.05 Å². The van der Waals surface area contributed by atoms with Crippen LogP contribution in [0.25, 0.3) is 22.4 Å².